The van der Waals surface area contributed by atoms with E-state index in [1.807, 2.05) is 0 Å². The van der Waals surface area contributed by atoms with Crippen molar-refractivity contribution in [2.24, 2.45) is 0 Å². The number of ether oxygens (including phenoxy) is 1. The van der Waals surface area contributed by atoms with Gasteiger partial charge in [-0.25, -0.2) is 0 Å². The Morgan fingerprint density at radius 2 is 1.32 bits per heavy atom. The first kappa shape index (κ1) is 12.4. The molecule has 0 spiro atoms. The quantitative estimate of drug-likeness (QED) is 0.758. The lowest BCUT2D eigenvalue weighted by atomic mass is 9.98. The lowest BCUT2D eigenvalue weighted by Crippen LogP contribution is -2.22. The van der Waals surface area contributed by atoms with Crippen molar-refractivity contribution in [2.45, 2.75) is 32.3 Å². The Balaban J connectivity index is 2.00. The highest BCUT2D eigenvalue weighted by Crippen LogP contribution is 2.44. The molecule has 0 saturated heterocycles. The van der Waals surface area contributed by atoms with Crippen molar-refractivity contribution in [3.05, 3.63) is 59.7 Å². The summed E-state index contributed by atoms with van der Waals surface area (Å²) in [6.07, 6.45) is 0. The van der Waals surface area contributed by atoms with Crippen LogP contribution in [0.3, 0.4) is 0 Å². The van der Waals surface area contributed by atoms with Crippen LogP contribution in [0.25, 0.3) is 11.1 Å². The molecular formula is C18H20O. The minimum absolute atomic E-state index is 0.0908. The molecule has 0 fully saturated rings. The van der Waals surface area contributed by atoms with Crippen molar-refractivity contribution >= 4 is 0 Å². The first-order valence-corrected chi connectivity index (χ1v) is 6.88. The lowest BCUT2D eigenvalue weighted by molar-refractivity contribution is -0.00626. The second-order valence-electron chi connectivity index (χ2n) is 6.15. The van der Waals surface area contributed by atoms with E-state index >= 15 is 0 Å². The van der Waals surface area contributed by atoms with Crippen LogP contribution in [-0.4, -0.2) is 12.2 Å². The third kappa shape index (κ3) is 2.31. The first-order chi connectivity index (χ1) is 9.06. The van der Waals surface area contributed by atoms with Crippen LogP contribution in [0.2, 0.25) is 0 Å². The van der Waals surface area contributed by atoms with Gasteiger partial charge in [-0.05, 0) is 43.0 Å². The van der Waals surface area contributed by atoms with Crippen LogP contribution >= 0.6 is 0 Å². The molecule has 98 valence electrons. The van der Waals surface area contributed by atoms with Gasteiger partial charge >= 0.3 is 0 Å². The van der Waals surface area contributed by atoms with Crippen LogP contribution in [0, 0.1) is 0 Å². The van der Waals surface area contributed by atoms with Crippen molar-refractivity contribution in [3.8, 4) is 11.1 Å². The van der Waals surface area contributed by atoms with E-state index in [1.54, 1.807) is 0 Å². The van der Waals surface area contributed by atoms with Gasteiger partial charge in [-0.1, -0.05) is 48.5 Å². The maximum atomic E-state index is 6.03. The minimum atomic E-state index is -0.0908. The van der Waals surface area contributed by atoms with Crippen molar-refractivity contribution in [1.82, 2.24) is 0 Å². The summed E-state index contributed by atoms with van der Waals surface area (Å²) in [4.78, 5) is 0. The Hall–Kier alpha value is -1.60. The van der Waals surface area contributed by atoms with Crippen molar-refractivity contribution in [3.63, 3.8) is 0 Å². The molecule has 0 bridgehead atoms. The molecule has 0 amide bonds. The molecule has 3 rings (SSSR count). The predicted molar refractivity (Wildman–Crippen MR) is 79.4 cm³/mol. The highest BCUT2D eigenvalue weighted by atomic mass is 16.5. The van der Waals surface area contributed by atoms with Crippen molar-refractivity contribution < 1.29 is 4.74 Å². The van der Waals surface area contributed by atoms with E-state index in [0.717, 1.165) is 6.61 Å². The topological polar surface area (TPSA) is 9.23 Å². The largest absolute Gasteiger partial charge is 0.375 e. The third-order valence-corrected chi connectivity index (χ3v) is 3.65. The van der Waals surface area contributed by atoms with E-state index in [1.165, 1.54) is 22.3 Å². The monoisotopic (exact) mass is 252 g/mol. The van der Waals surface area contributed by atoms with Gasteiger partial charge in [-0.15, -0.1) is 0 Å². The van der Waals surface area contributed by atoms with Gasteiger partial charge in [0.25, 0.3) is 0 Å². The molecule has 0 aromatic heterocycles. The summed E-state index contributed by atoms with van der Waals surface area (Å²) in [5.74, 6) is 0.367. The average molecular weight is 252 g/mol. The summed E-state index contributed by atoms with van der Waals surface area (Å²) in [6, 6.07) is 17.4. The van der Waals surface area contributed by atoms with Crippen molar-refractivity contribution in [2.75, 3.05) is 6.61 Å². The zero-order valence-corrected chi connectivity index (χ0v) is 11.8. The molecule has 19 heavy (non-hydrogen) atoms. The molecule has 0 unspecified atom stereocenters. The van der Waals surface area contributed by atoms with Crippen LogP contribution < -0.4 is 0 Å². The normalized spacial score (nSPS) is 14.3. The van der Waals surface area contributed by atoms with Crippen LogP contribution in [0.5, 0.6) is 0 Å². The van der Waals surface area contributed by atoms with Gasteiger partial charge in [0.1, 0.15) is 0 Å². The summed E-state index contributed by atoms with van der Waals surface area (Å²) >= 11 is 0. The van der Waals surface area contributed by atoms with Gasteiger partial charge in [0, 0.05) is 5.92 Å². The molecule has 0 radical (unpaired) electrons. The average Bonchev–Trinajstić information content (AvgIpc) is 2.70. The lowest BCUT2D eigenvalue weighted by Gasteiger charge is -2.23. The molecule has 1 aliphatic rings. The van der Waals surface area contributed by atoms with Crippen LogP contribution in [-0.2, 0) is 4.74 Å². The second-order valence-corrected chi connectivity index (χ2v) is 6.15. The van der Waals surface area contributed by atoms with E-state index in [-0.39, 0.29) is 5.60 Å². The van der Waals surface area contributed by atoms with E-state index in [0.29, 0.717) is 5.92 Å². The van der Waals surface area contributed by atoms with Crippen LogP contribution in [0.15, 0.2) is 48.5 Å². The van der Waals surface area contributed by atoms with Gasteiger partial charge in [0.2, 0.25) is 0 Å². The maximum Gasteiger partial charge on any atom is 0.0598 e. The highest BCUT2D eigenvalue weighted by Gasteiger charge is 2.29. The summed E-state index contributed by atoms with van der Waals surface area (Å²) < 4.78 is 6.03. The number of hydrogen-bond donors (Lipinski definition) is 0. The SMILES string of the molecule is CC(C)(C)OCC1c2ccccc2-c2ccccc21. The molecule has 0 N–H and O–H groups in total. The summed E-state index contributed by atoms with van der Waals surface area (Å²) in [7, 11) is 0. The molecule has 2 aromatic carbocycles. The molecule has 2 aromatic rings. The van der Waals surface area contributed by atoms with Crippen LogP contribution in [0.4, 0.5) is 0 Å². The van der Waals surface area contributed by atoms with Gasteiger partial charge < -0.3 is 4.74 Å². The zero-order chi connectivity index (χ0) is 13.5. The molecule has 0 aliphatic heterocycles. The smallest absolute Gasteiger partial charge is 0.0598 e. The van der Waals surface area contributed by atoms with Crippen LogP contribution in [0.1, 0.15) is 37.8 Å². The molecule has 0 atom stereocenters. The number of rotatable bonds is 2. The summed E-state index contributed by atoms with van der Waals surface area (Å²) in [5.41, 5.74) is 5.43. The number of benzene rings is 2. The van der Waals surface area contributed by atoms with E-state index in [4.69, 9.17) is 4.74 Å². The predicted octanol–water partition coefficient (Wildman–Crippen LogP) is 4.61. The number of fused-ring (bicyclic) bond motifs is 3. The second kappa shape index (κ2) is 4.50. The van der Waals surface area contributed by atoms with E-state index < -0.39 is 0 Å². The van der Waals surface area contributed by atoms with Gasteiger partial charge in [0.15, 0.2) is 0 Å². The Morgan fingerprint density at radius 1 is 0.842 bits per heavy atom. The molecule has 1 nitrogen and oxygen atoms in total. The molecule has 0 saturated carbocycles. The van der Waals surface area contributed by atoms with Gasteiger partial charge in [-0.3, -0.25) is 0 Å². The Morgan fingerprint density at radius 3 is 1.79 bits per heavy atom. The fourth-order valence-electron chi connectivity index (χ4n) is 2.77. The van der Waals surface area contributed by atoms with Gasteiger partial charge in [0.05, 0.1) is 12.2 Å². The fraction of sp³-hybridized carbons (Fsp3) is 0.333. The van der Waals surface area contributed by atoms with E-state index in [9.17, 15) is 0 Å². The highest BCUT2D eigenvalue weighted by molar-refractivity contribution is 5.78. The Labute approximate surface area is 115 Å². The fourth-order valence-corrected chi connectivity index (χ4v) is 2.77. The molecule has 1 heteroatoms. The molecule has 1 aliphatic carbocycles. The van der Waals surface area contributed by atoms with E-state index in [2.05, 4.69) is 69.3 Å². The zero-order valence-electron chi connectivity index (χ0n) is 11.8. The summed E-state index contributed by atoms with van der Waals surface area (Å²) in [6.45, 7) is 7.08. The molecular weight excluding hydrogens is 232 g/mol. The first-order valence-electron chi connectivity index (χ1n) is 6.88. The number of hydrogen-bond acceptors (Lipinski definition) is 1. The third-order valence-electron chi connectivity index (χ3n) is 3.65. The Kier molecular flexibility index (Phi) is 2.94. The van der Waals surface area contributed by atoms with Gasteiger partial charge in [-0.2, -0.15) is 0 Å². The van der Waals surface area contributed by atoms with Crippen molar-refractivity contribution in [1.29, 1.82) is 0 Å². The Bertz CT molecular complexity index is 547. The molecule has 0 heterocycles. The standard InChI is InChI=1S/C18H20O/c1-18(2,3)19-12-17-15-10-6-4-8-13(15)14-9-5-7-11-16(14)17/h4-11,17H,12H2,1-3H3. The summed E-state index contributed by atoms with van der Waals surface area (Å²) in [5, 5.41) is 0. The minimum Gasteiger partial charge on any atom is -0.375 e. The maximum absolute atomic E-state index is 6.03.